The third kappa shape index (κ3) is 5.06. The average Bonchev–Trinajstić information content (AvgIpc) is 3.17. The molecule has 4 rings (SSSR count). The van der Waals surface area contributed by atoms with E-state index in [0.29, 0.717) is 55.5 Å². The van der Waals surface area contributed by atoms with Crippen molar-refractivity contribution >= 4 is 44.3 Å². The maximum atomic E-state index is 13.0. The number of sulfonamides is 1. The van der Waals surface area contributed by atoms with Gasteiger partial charge in [-0.15, -0.1) is 0 Å². The van der Waals surface area contributed by atoms with Gasteiger partial charge in [-0.05, 0) is 49.7 Å². The maximum absolute atomic E-state index is 13.0. The van der Waals surface area contributed by atoms with E-state index >= 15 is 0 Å². The van der Waals surface area contributed by atoms with Crippen molar-refractivity contribution in [3.8, 4) is 0 Å². The van der Waals surface area contributed by atoms with Gasteiger partial charge in [-0.2, -0.15) is 4.31 Å². The lowest BCUT2D eigenvalue weighted by atomic mass is 10.2. The summed E-state index contributed by atoms with van der Waals surface area (Å²) in [4.78, 5) is 17.4. The number of hydrogen-bond acceptors (Lipinski definition) is 5. The predicted octanol–water partition coefficient (Wildman–Crippen LogP) is 3.61. The first kappa shape index (κ1) is 23.7. The van der Waals surface area contributed by atoms with E-state index in [1.165, 1.54) is 4.31 Å². The quantitative estimate of drug-likeness (QED) is 0.546. The van der Waals surface area contributed by atoms with Crippen molar-refractivity contribution < 1.29 is 17.9 Å². The van der Waals surface area contributed by atoms with Crippen LogP contribution in [0.15, 0.2) is 41.3 Å². The minimum Gasteiger partial charge on any atom is -0.379 e. The average molecular weight is 491 g/mol. The summed E-state index contributed by atoms with van der Waals surface area (Å²) in [6, 6.07) is 10.4. The molecule has 0 atom stereocenters. The molecule has 1 fully saturated rings. The summed E-state index contributed by atoms with van der Waals surface area (Å²) in [6.07, 6.45) is 0.674. The Hall–Kier alpha value is -2.46. The zero-order chi connectivity index (χ0) is 23.6. The number of rotatable bonds is 7. The number of fused-ring (bicyclic) bond motifs is 1. The van der Waals surface area contributed by atoms with Gasteiger partial charge < -0.3 is 14.6 Å². The van der Waals surface area contributed by atoms with Gasteiger partial charge in [0.05, 0.1) is 29.1 Å². The highest BCUT2D eigenvalue weighted by Gasteiger charge is 2.27. The standard InChI is InChI=1S/C23H27ClN4O4S/c1-3-28-21-7-6-18(33(30,31)27-10-12-32-13-11-27)15-20(21)26-22(28)8-9-23(29)25-17-5-4-16(2)19(24)14-17/h4-7,14-15H,3,8-13H2,1-2H3,(H,25,29). The Bertz CT molecular complexity index is 1280. The Morgan fingerprint density at radius 1 is 1.18 bits per heavy atom. The molecule has 3 aromatic rings. The molecule has 10 heteroatoms. The van der Waals surface area contributed by atoms with Crippen molar-refractivity contribution in [3.63, 3.8) is 0 Å². The molecule has 1 aliphatic heterocycles. The number of carbonyl (C=O) groups excluding carboxylic acids is 1. The number of morpholine rings is 1. The maximum Gasteiger partial charge on any atom is 0.243 e. The SMILES string of the molecule is CCn1c(CCC(=O)Nc2ccc(C)c(Cl)c2)nc2cc(S(=O)(=O)N3CCOCC3)ccc21. The third-order valence-electron chi connectivity index (χ3n) is 5.75. The van der Waals surface area contributed by atoms with Gasteiger partial charge in [0.25, 0.3) is 0 Å². The molecular formula is C23H27ClN4O4S. The number of aryl methyl sites for hydroxylation is 3. The Labute approximate surface area is 198 Å². The van der Waals surface area contributed by atoms with E-state index in [9.17, 15) is 13.2 Å². The van der Waals surface area contributed by atoms with Crippen LogP contribution in [0.25, 0.3) is 11.0 Å². The van der Waals surface area contributed by atoms with Gasteiger partial charge in [-0.3, -0.25) is 4.79 Å². The molecule has 1 amide bonds. The van der Waals surface area contributed by atoms with E-state index in [2.05, 4.69) is 10.3 Å². The molecule has 2 aromatic carbocycles. The number of ether oxygens (including phenoxy) is 1. The number of hydrogen-bond donors (Lipinski definition) is 1. The fourth-order valence-electron chi connectivity index (χ4n) is 3.92. The highest BCUT2D eigenvalue weighted by Crippen LogP contribution is 2.24. The van der Waals surface area contributed by atoms with Crippen LogP contribution >= 0.6 is 11.6 Å². The van der Waals surface area contributed by atoms with Crippen LogP contribution in [0.3, 0.4) is 0 Å². The highest BCUT2D eigenvalue weighted by molar-refractivity contribution is 7.89. The fourth-order valence-corrected chi connectivity index (χ4v) is 5.53. The molecular weight excluding hydrogens is 464 g/mol. The van der Waals surface area contributed by atoms with E-state index in [1.807, 2.05) is 30.5 Å². The van der Waals surface area contributed by atoms with Crippen LogP contribution in [0.4, 0.5) is 5.69 Å². The second-order valence-electron chi connectivity index (χ2n) is 7.95. The number of benzene rings is 2. The van der Waals surface area contributed by atoms with Gasteiger partial charge in [0.15, 0.2) is 0 Å². The van der Waals surface area contributed by atoms with E-state index in [0.717, 1.165) is 16.9 Å². The second-order valence-corrected chi connectivity index (χ2v) is 10.3. The van der Waals surface area contributed by atoms with Crippen LogP contribution < -0.4 is 5.32 Å². The molecule has 176 valence electrons. The van der Waals surface area contributed by atoms with Crippen LogP contribution in [0.2, 0.25) is 5.02 Å². The van der Waals surface area contributed by atoms with Gasteiger partial charge in [-0.25, -0.2) is 13.4 Å². The molecule has 1 N–H and O–H groups in total. The number of nitrogens with zero attached hydrogens (tertiary/aromatic N) is 3. The molecule has 0 aliphatic carbocycles. The molecule has 33 heavy (non-hydrogen) atoms. The van der Waals surface area contributed by atoms with Crippen molar-refractivity contribution in [2.24, 2.45) is 0 Å². The Morgan fingerprint density at radius 2 is 1.94 bits per heavy atom. The topological polar surface area (TPSA) is 93.5 Å². The molecule has 2 heterocycles. The number of halogens is 1. The highest BCUT2D eigenvalue weighted by atomic mass is 35.5. The largest absolute Gasteiger partial charge is 0.379 e. The van der Waals surface area contributed by atoms with E-state index in [1.54, 1.807) is 24.3 Å². The zero-order valence-electron chi connectivity index (χ0n) is 18.7. The third-order valence-corrected chi connectivity index (χ3v) is 8.06. The number of nitrogens with one attached hydrogen (secondary N) is 1. The van der Waals surface area contributed by atoms with Gasteiger partial charge in [0.1, 0.15) is 5.82 Å². The first-order chi connectivity index (χ1) is 15.8. The molecule has 0 bridgehead atoms. The first-order valence-corrected chi connectivity index (χ1v) is 12.7. The van der Waals surface area contributed by atoms with Gasteiger partial charge in [0, 0.05) is 43.2 Å². The summed E-state index contributed by atoms with van der Waals surface area (Å²) in [5.41, 5.74) is 3.05. The Kier molecular flexibility index (Phi) is 7.04. The van der Waals surface area contributed by atoms with Crippen molar-refractivity contribution in [1.29, 1.82) is 0 Å². The van der Waals surface area contributed by atoms with Crippen molar-refractivity contribution in [1.82, 2.24) is 13.9 Å². The molecule has 1 saturated heterocycles. The van der Waals surface area contributed by atoms with Gasteiger partial charge in [0.2, 0.25) is 15.9 Å². The van der Waals surface area contributed by atoms with E-state index < -0.39 is 10.0 Å². The van der Waals surface area contributed by atoms with Crippen molar-refractivity contribution in [3.05, 3.63) is 52.8 Å². The number of imidazole rings is 1. The second kappa shape index (κ2) is 9.80. The summed E-state index contributed by atoms with van der Waals surface area (Å²) in [7, 11) is -3.60. The van der Waals surface area contributed by atoms with Crippen molar-refractivity contribution in [2.45, 2.75) is 38.1 Å². The van der Waals surface area contributed by atoms with E-state index in [4.69, 9.17) is 16.3 Å². The van der Waals surface area contributed by atoms with E-state index in [-0.39, 0.29) is 17.2 Å². The summed E-state index contributed by atoms with van der Waals surface area (Å²) in [5, 5.41) is 3.46. The molecule has 0 saturated carbocycles. The first-order valence-electron chi connectivity index (χ1n) is 10.9. The van der Waals surface area contributed by atoms with Gasteiger partial charge >= 0.3 is 0 Å². The molecule has 0 spiro atoms. The lowest BCUT2D eigenvalue weighted by molar-refractivity contribution is -0.116. The van der Waals surface area contributed by atoms with Crippen molar-refractivity contribution in [2.75, 3.05) is 31.6 Å². The molecule has 1 aromatic heterocycles. The monoisotopic (exact) mass is 490 g/mol. The minimum atomic E-state index is -3.60. The lowest BCUT2D eigenvalue weighted by Crippen LogP contribution is -2.40. The molecule has 1 aliphatic rings. The van der Waals surface area contributed by atoms with Crippen LogP contribution in [0, 0.1) is 6.92 Å². The van der Waals surface area contributed by atoms with Crippen LogP contribution in [-0.2, 0) is 32.5 Å². The molecule has 0 unspecified atom stereocenters. The smallest absolute Gasteiger partial charge is 0.243 e. The predicted molar refractivity (Wildman–Crippen MR) is 128 cm³/mol. The summed E-state index contributed by atoms with van der Waals surface area (Å²) in [5.74, 6) is 0.603. The number of amides is 1. The Balaban J connectivity index is 1.51. The molecule has 8 nitrogen and oxygen atoms in total. The number of anilines is 1. The number of carbonyl (C=O) groups is 1. The normalized spacial score (nSPS) is 15.1. The lowest BCUT2D eigenvalue weighted by Gasteiger charge is -2.26. The summed E-state index contributed by atoms with van der Waals surface area (Å²) < 4.78 is 34.7. The zero-order valence-corrected chi connectivity index (χ0v) is 20.2. The van der Waals surface area contributed by atoms with Crippen LogP contribution in [-0.4, -0.2) is 54.5 Å². The summed E-state index contributed by atoms with van der Waals surface area (Å²) in [6.45, 7) is 6.04. The van der Waals surface area contributed by atoms with Crippen LogP contribution in [0.5, 0.6) is 0 Å². The molecule has 0 radical (unpaired) electrons. The summed E-state index contributed by atoms with van der Waals surface area (Å²) >= 11 is 6.13. The van der Waals surface area contributed by atoms with Crippen LogP contribution in [0.1, 0.15) is 24.7 Å². The number of aromatic nitrogens is 2. The Morgan fingerprint density at radius 3 is 2.64 bits per heavy atom. The minimum absolute atomic E-state index is 0.139. The van der Waals surface area contributed by atoms with Gasteiger partial charge in [-0.1, -0.05) is 17.7 Å². The fraction of sp³-hybridized carbons (Fsp3) is 0.391.